The van der Waals surface area contributed by atoms with Crippen LogP contribution in [0.5, 0.6) is 17.2 Å². The molecule has 112 valence electrons. The molecule has 1 aliphatic rings. The van der Waals surface area contributed by atoms with Crippen molar-refractivity contribution in [2.75, 3.05) is 14.2 Å². The number of ether oxygens (including phenoxy) is 3. The first-order valence-electron chi connectivity index (χ1n) is 6.59. The van der Waals surface area contributed by atoms with Crippen molar-refractivity contribution in [1.82, 2.24) is 0 Å². The van der Waals surface area contributed by atoms with Gasteiger partial charge < -0.3 is 14.2 Å². The molecule has 0 spiro atoms. The van der Waals surface area contributed by atoms with Crippen molar-refractivity contribution < 1.29 is 19.0 Å². The summed E-state index contributed by atoms with van der Waals surface area (Å²) in [5.74, 6) is 1.04. The standard InChI is InChI=1S/C17H13ClO4/c1-20-11-8-14(21-2)16-12(17(19)22-15(16)9-11)7-10-5-3-4-6-13(10)18/h3-9H,1-2H3/b12-7+. The molecule has 4 nitrogen and oxygen atoms in total. The van der Waals surface area contributed by atoms with Gasteiger partial charge in [0.1, 0.15) is 17.2 Å². The van der Waals surface area contributed by atoms with E-state index in [0.717, 1.165) is 5.56 Å². The second kappa shape index (κ2) is 5.73. The average molecular weight is 317 g/mol. The predicted molar refractivity (Wildman–Crippen MR) is 84.5 cm³/mol. The molecule has 0 saturated carbocycles. The molecule has 0 aliphatic carbocycles. The largest absolute Gasteiger partial charge is 0.496 e. The van der Waals surface area contributed by atoms with Crippen LogP contribution < -0.4 is 14.2 Å². The normalized spacial score (nSPS) is 14.7. The number of carbonyl (C=O) groups is 1. The molecule has 0 aromatic heterocycles. The van der Waals surface area contributed by atoms with Crippen LogP contribution in [0.2, 0.25) is 5.02 Å². The molecule has 0 amide bonds. The molecule has 0 atom stereocenters. The number of hydrogen-bond acceptors (Lipinski definition) is 4. The van der Waals surface area contributed by atoms with Crippen molar-refractivity contribution in [3.8, 4) is 17.2 Å². The van der Waals surface area contributed by atoms with Gasteiger partial charge in [-0.2, -0.15) is 0 Å². The van der Waals surface area contributed by atoms with Gasteiger partial charge in [0.15, 0.2) is 0 Å². The van der Waals surface area contributed by atoms with Crippen LogP contribution in [0.3, 0.4) is 0 Å². The first-order valence-corrected chi connectivity index (χ1v) is 6.96. The van der Waals surface area contributed by atoms with E-state index in [1.54, 1.807) is 31.4 Å². The minimum atomic E-state index is -0.443. The van der Waals surface area contributed by atoms with Gasteiger partial charge in [-0.05, 0) is 17.7 Å². The maximum absolute atomic E-state index is 12.2. The average Bonchev–Trinajstić information content (AvgIpc) is 2.84. The van der Waals surface area contributed by atoms with Crippen LogP contribution in [0, 0.1) is 0 Å². The number of halogens is 1. The number of fused-ring (bicyclic) bond motifs is 1. The highest BCUT2D eigenvalue weighted by atomic mass is 35.5. The van der Waals surface area contributed by atoms with Crippen LogP contribution in [0.25, 0.3) is 11.6 Å². The van der Waals surface area contributed by atoms with Crippen LogP contribution >= 0.6 is 11.6 Å². The fourth-order valence-electron chi connectivity index (χ4n) is 2.33. The Bertz CT molecular complexity index is 780. The number of methoxy groups -OCH3 is 2. The quantitative estimate of drug-likeness (QED) is 0.490. The second-order valence-corrected chi connectivity index (χ2v) is 5.08. The Hall–Kier alpha value is -2.46. The van der Waals surface area contributed by atoms with E-state index < -0.39 is 5.97 Å². The number of carbonyl (C=O) groups excluding carboxylic acids is 1. The minimum absolute atomic E-state index is 0.405. The van der Waals surface area contributed by atoms with Gasteiger partial charge in [0.25, 0.3) is 0 Å². The smallest absolute Gasteiger partial charge is 0.344 e. The Balaban J connectivity index is 2.18. The molecule has 1 aliphatic heterocycles. The van der Waals surface area contributed by atoms with Gasteiger partial charge in [0.05, 0.1) is 25.4 Å². The van der Waals surface area contributed by atoms with Crippen LogP contribution in [-0.4, -0.2) is 20.2 Å². The van der Waals surface area contributed by atoms with Gasteiger partial charge in [-0.15, -0.1) is 0 Å². The lowest BCUT2D eigenvalue weighted by Crippen LogP contribution is -2.00. The Morgan fingerprint density at radius 2 is 1.91 bits per heavy atom. The molecule has 0 N–H and O–H groups in total. The predicted octanol–water partition coefficient (Wildman–Crippen LogP) is 3.82. The molecule has 0 saturated heterocycles. The van der Waals surface area contributed by atoms with Gasteiger partial charge in [0.2, 0.25) is 0 Å². The van der Waals surface area contributed by atoms with Crippen molar-refractivity contribution in [2.24, 2.45) is 0 Å². The van der Waals surface area contributed by atoms with Gasteiger partial charge in [-0.25, -0.2) is 4.79 Å². The first-order chi connectivity index (χ1) is 10.6. The van der Waals surface area contributed by atoms with Gasteiger partial charge >= 0.3 is 5.97 Å². The highest BCUT2D eigenvalue weighted by molar-refractivity contribution is 6.33. The van der Waals surface area contributed by atoms with Gasteiger partial charge in [-0.1, -0.05) is 29.8 Å². The lowest BCUT2D eigenvalue weighted by molar-refractivity contribution is -0.126. The van der Waals surface area contributed by atoms with Crippen molar-refractivity contribution in [3.63, 3.8) is 0 Å². The molecule has 0 radical (unpaired) electrons. The highest BCUT2D eigenvalue weighted by Gasteiger charge is 2.31. The fraction of sp³-hybridized carbons (Fsp3) is 0.118. The summed E-state index contributed by atoms with van der Waals surface area (Å²) in [4.78, 5) is 12.2. The Morgan fingerprint density at radius 1 is 1.14 bits per heavy atom. The van der Waals surface area contributed by atoms with E-state index in [4.69, 9.17) is 25.8 Å². The summed E-state index contributed by atoms with van der Waals surface area (Å²) in [6.07, 6.45) is 1.70. The minimum Gasteiger partial charge on any atom is -0.496 e. The van der Waals surface area contributed by atoms with Crippen molar-refractivity contribution in [2.45, 2.75) is 0 Å². The van der Waals surface area contributed by atoms with E-state index in [1.165, 1.54) is 7.11 Å². The number of benzene rings is 2. The second-order valence-electron chi connectivity index (χ2n) is 4.67. The maximum atomic E-state index is 12.2. The van der Waals surface area contributed by atoms with E-state index in [9.17, 15) is 4.79 Å². The molecule has 1 heterocycles. The molecular weight excluding hydrogens is 304 g/mol. The molecule has 0 unspecified atom stereocenters. The molecule has 2 aromatic carbocycles. The summed E-state index contributed by atoms with van der Waals surface area (Å²) in [6, 6.07) is 10.6. The Kier molecular flexibility index (Phi) is 3.77. The molecule has 5 heteroatoms. The lowest BCUT2D eigenvalue weighted by Gasteiger charge is -2.08. The van der Waals surface area contributed by atoms with E-state index in [1.807, 2.05) is 18.2 Å². The molecule has 0 fully saturated rings. The lowest BCUT2D eigenvalue weighted by atomic mass is 10.0. The fourth-order valence-corrected chi connectivity index (χ4v) is 2.52. The third-order valence-electron chi connectivity index (χ3n) is 3.39. The Morgan fingerprint density at radius 3 is 2.59 bits per heavy atom. The third kappa shape index (κ3) is 2.42. The van der Waals surface area contributed by atoms with Crippen LogP contribution in [0.1, 0.15) is 11.1 Å². The number of hydrogen-bond donors (Lipinski definition) is 0. The van der Waals surface area contributed by atoms with E-state index in [0.29, 0.717) is 33.4 Å². The number of rotatable bonds is 3. The van der Waals surface area contributed by atoms with Crippen molar-refractivity contribution >= 4 is 29.2 Å². The summed E-state index contributed by atoms with van der Waals surface area (Å²) >= 11 is 6.15. The zero-order valence-corrected chi connectivity index (χ0v) is 12.8. The van der Waals surface area contributed by atoms with E-state index in [2.05, 4.69) is 0 Å². The van der Waals surface area contributed by atoms with Crippen molar-refractivity contribution in [3.05, 3.63) is 52.5 Å². The summed E-state index contributed by atoms with van der Waals surface area (Å²) in [5, 5.41) is 0.559. The maximum Gasteiger partial charge on any atom is 0.344 e. The topological polar surface area (TPSA) is 44.8 Å². The molecular formula is C17H13ClO4. The zero-order valence-electron chi connectivity index (χ0n) is 12.1. The molecule has 3 rings (SSSR count). The summed E-state index contributed by atoms with van der Waals surface area (Å²) < 4.78 is 15.8. The molecule has 0 bridgehead atoms. The highest BCUT2D eigenvalue weighted by Crippen LogP contribution is 2.44. The van der Waals surface area contributed by atoms with Crippen LogP contribution in [0.15, 0.2) is 36.4 Å². The summed E-state index contributed by atoms with van der Waals surface area (Å²) in [6.45, 7) is 0. The summed E-state index contributed by atoms with van der Waals surface area (Å²) in [5.41, 5.74) is 1.75. The third-order valence-corrected chi connectivity index (χ3v) is 3.74. The Labute approximate surface area is 132 Å². The first kappa shape index (κ1) is 14.5. The van der Waals surface area contributed by atoms with Crippen LogP contribution in [0.4, 0.5) is 0 Å². The summed E-state index contributed by atoms with van der Waals surface area (Å²) in [7, 11) is 3.07. The van der Waals surface area contributed by atoms with Gasteiger partial charge in [0, 0.05) is 17.2 Å². The van der Waals surface area contributed by atoms with Gasteiger partial charge in [-0.3, -0.25) is 0 Å². The monoisotopic (exact) mass is 316 g/mol. The number of esters is 1. The van der Waals surface area contributed by atoms with Crippen molar-refractivity contribution in [1.29, 1.82) is 0 Å². The SMILES string of the molecule is COc1cc(OC)c2c(c1)OC(=O)/C2=C/c1ccccc1Cl. The van der Waals surface area contributed by atoms with E-state index >= 15 is 0 Å². The molecule has 22 heavy (non-hydrogen) atoms. The molecule has 2 aromatic rings. The zero-order chi connectivity index (χ0) is 15.7. The van der Waals surface area contributed by atoms with Crippen LogP contribution in [-0.2, 0) is 4.79 Å². The van der Waals surface area contributed by atoms with E-state index in [-0.39, 0.29) is 0 Å².